The highest BCUT2D eigenvalue weighted by molar-refractivity contribution is 6.39. The third kappa shape index (κ3) is 3.97. The van der Waals surface area contributed by atoms with Crippen LogP contribution in [0.1, 0.15) is 33.4 Å². The molecule has 1 saturated carbocycles. The Bertz CT molecular complexity index is 2040. The van der Waals surface area contributed by atoms with Crippen LogP contribution in [0.3, 0.4) is 0 Å². The Hall–Kier alpha value is -5.75. The van der Waals surface area contributed by atoms with E-state index in [2.05, 4.69) is 0 Å². The lowest BCUT2D eigenvalue weighted by molar-refractivity contribution is -0.130. The first-order valence-corrected chi connectivity index (χ1v) is 16.4. The van der Waals surface area contributed by atoms with Gasteiger partial charge in [0.05, 0.1) is 42.6 Å². The minimum atomic E-state index is -1.48. The van der Waals surface area contributed by atoms with Gasteiger partial charge in [-0.05, 0) is 94.8 Å². The third-order valence-corrected chi connectivity index (χ3v) is 11.0. The molecule has 2 aliphatic carbocycles. The molecule has 242 valence electrons. The van der Waals surface area contributed by atoms with Crippen molar-refractivity contribution in [2.45, 2.75) is 24.7 Å². The maximum absolute atomic E-state index is 16.1. The summed E-state index contributed by atoms with van der Waals surface area (Å²) in [7, 11) is 3.23. The maximum atomic E-state index is 16.1. The number of fused-ring (bicyclic) bond motifs is 5. The molecule has 2 fully saturated rings. The molecule has 1 heterocycles. The topological polar surface area (TPSA) is 72.9 Å². The van der Waals surface area contributed by atoms with Crippen molar-refractivity contribution in [1.82, 2.24) is 0 Å². The van der Waals surface area contributed by atoms with E-state index in [0.29, 0.717) is 28.3 Å². The lowest BCUT2D eigenvalue weighted by Crippen LogP contribution is -2.45. The highest BCUT2D eigenvalue weighted by Gasteiger charge is 2.82. The van der Waals surface area contributed by atoms with Gasteiger partial charge in [0.25, 0.3) is 0 Å². The van der Waals surface area contributed by atoms with E-state index >= 15 is 14.4 Å². The fourth-order valence-corrected chi connectivity index (χ4v) is 8.76. The zero-order chi connectivity index (χ0) is 34.1. The van der Waals surface area contributed by atoms with Gasteiger partial charge in [-0.3, -0.25) is 14.4 Å². The maximum Gasteiger partial charge on any atom is 0.239 e. The van der Waals surface area contributed by atoms with E-state index in [0.717, 1.165) is 33.4 Å². The van der Waals surface area contributed by atoms with Crippen molar-refractivity contribution in [2.24, 2.45) is 11.8 Å². The first-order chi connectivity index (χ1) is 23.8. The molecule has 1 saturated heterocycles. The summed E-state index contributed by atoms with van der Waals surface area (Å²) in [6.07, 6.45) is 0. The van der Waals surface area contributed by atoms with Crippen molar-refractivity contribution in [3.63, 3.8) is 0 Å². The number of nitrogens with zero attached hydrogens (tertiary/aromatic N) is 1. The Morgan fingerprint density at radius 2 is 0.959 bits per heavy atom. The molecule has 0 aromatic heterocycles. The number of allylic oxidation sites excluding steroid dienone is 2. The lowest BCUT2D eigenvalue weighted by atomic mass is 9.59. The van der Waals surface area contributed by atoms with Crippen molar-refractivity contribution in [3.05, 3.63) is 161 Å². The molecule has 5 aromatic carbocycles. The van der Waals surface area contributed by atoms with Crippen LogP contribution in [0, 0.1) is 25.7 Å². The largest absolute Gasteiger partial charge is 0.497 e. The van der Waals surface area contributed by atoms with Gasteiger partial charge < -0.3 is 9.47 Å². The summed E-state index contributed by atoms with van der Waals surface area (Å²) in [5.74, 6) is -1.54. The molecule has 6 nitrogen and oxygen atoms in total. The highest BCUT2D eigenvalue weighted by Crippen LogP contribution is 2.74. The molecule has 3 aliphatic rings. The van der Waals surface area contributed by atoms with Crippen LogP contribution in [-0.2, 0) is 25.2 Å². The smallest absolute Gasteiger partial charge is 0.239 e. The van der Waals surface area contributed by atoms with Crippen molar-refractivity contribution in [2.75, 3.05) is 19.1 Å². The number of carbonyl (C=O) groups excluding carboxylic acids is 3. The standard InChI is InChI=1S/C43H35NO5/c1-26-15-20-32(25-27(26)2)44-39(45)37-38(40(44)46)43(31-13-9-6-10-14-31)36(29-18-23-34(49-4)24-19-29)35(28-16-21-33(48-3)22-17-28)42(37,41(43)47)30-11-7-5-8-12-30/h5-25,37-38H,1-4H3/t37-,38+,42-,43-/m1/s1. The molecule has 1 aliphatic heterocycles. The number of ether oxygens (including phenoxy) is 2. The number of ketones is 1. The van der Waals surface area contributed by atoms with Gasteiger partial charge in [-0.1, -0.05) is 91.0 Å². The van der Waals surface area contributed by atoms with E-state index in [-0.39, 0.29) is 17.6 Å². The van der Waals surface area contributed by atoms with Crippen LogP contribution < -0.4 is 14.4 Å². The van der Waals surface area contributed by atoms with E-state index in [9.17, 15) is 0 Å². The molecule has 2 amide bonds. The SMILES string of the molecule is COc1ccc(C2=C(c3ccc(OC)cc3)[C@@]3(c4ccccc4)C(=O)[C@@]2(c2ccccc2)[C@@H]2C(=O)N(c4ccc(C)c(C)c4)C(=O)[C@@H]23)cc1. The summed E-state index contributed by atoms with van der Waals surface area (Å²) in [5.41, 5.74) is 3.98. The van der Waals surface area contributed by atoms with Crippen LogP contribution in [0.25, 0.3) is 11.1 Å². The van der Waals surface area contributed by atoms with Crippen molar-refractivity contribution in [3.8, 4) is 11.5 Å². The Kier molecular flexibility index (Phi) is 6.97. The highest BCUT2D eigenvalue weighted by atomic mass is 16.5. The minimum absolute atomic E-state index is 0.162. The van der Waals surface area contributed by atoms with Crippen molar-refractivity contribution in [1.29, 1.82) is 0 Å². The van der Waals surface area contributed by atoms with Gasteiger partial charge >= 0.3 is 0 Å². The van der Waals surface area contributed by atoms with Crippen molar-refractivity contribution < 1.29 is 23.9 Å². The molecule has 0 radical (unpaired) electrons. The number of aryl methyl sites for hydroxylation is 2. The molecule has 6 heteroatoms. The first kappa shape index (κ1) is 30.6. The number of amides is 2. The monoisotopic (exact) mass is 645 g/mol. The Balaban J connectivity index is 1.54. The van der Waals surface area contributed by atoms with Gasteiger partial charge in [0, 0.05) is 0 Å². The second-order valence-electron chi connectivity index (χ2n) is 13.1. The van der Waals surface area contributed by atoms with Gasteiger partial charge in [-0.15, -0.1) is 0 Å². The number of benzene rings is 5. The average Bonchev–Trinajstić information content (AvgIpc) is 3.65. The lowest BCUT2D eigenvalue weighted by Gasteiger charge is -2.39. The molecule has 2 bridgehead atoms. The van der Waals surface area contributed by atoms with Gasteiger partial charge in [-0.25, -0.2) is 4.90 Å². The Morgan fingerprint density at radius 1 is 0.531 bits per heavy atom. The normalized spacial score (nSPS) is 24.1. The number of imide groups is 1. The van der Waals surface area contributed by atoms with Crippen LogP contribution in [0.4, 0.5) is 5.69 Å². The van der Waals surface area contributed by atoms with Crippen LogP contribution in [0.15, 0.2) is 127 Å². The zero-order valence-electron chi connectivity index (χ0n) is 27.8. The number of anilines is 1. The van der Waals surface area contributed by atoms with E-state index in [4.69, 9.17) is 9.47 Å². The fraction of sp³-hybridized carbons (Fsp3) is 0.186. The van der Waals surface area contributed by atoms with Gasteiger partial charge in [-0.2, -0.15) is 0 Å². The molecular formula is C43H35NO5. The Labute approximate surface area is 285 Å². The minimum Gasteiger partial charge on any atom is -0.497 e. The molecule has 8 rings (SSSR count). The quantitative estimate of drug-likeness (QED) is 0.171. The third-order valence-electron chi connectivity index (χ3n) is 11.0. The summed E-state index contributed by atoms with van der Waals surface area (Å²) in [6.45, 7) is 3.97. The molecular weight excluding hydrogens is 610 g/mol. The number of rotatable bonds is 7. The van der Waals surface area contributed by atoms with E-state index in [1.54, 1.807) is 14.2 Å². The number of Topliss-reactive ketones (excluding diaryl/α,β-unsaturated/α-hetero) is 1. The molecule has 49 heavy (non-hydrogen) atoms. The number of methoxy groups -OCH3 is 2. The average molecular weight is 646 g/mol. The first-order valence-electron chi connectivity index (χ1n) is 16.4. The summed E-state index contributed by atoms with van der Waals surface area (Å²) in [6, 6.07) is 40.0. The van der Waals surface area contributed by atoms with E-state index in [1.165, 1.54) is 4.90 Å². The van der Waals surface area contributed by atoms with Crippen LogP contribution in [0.5, 0.6) is 11.5 Å². The van der Waals surface area contributed by atoms with E-state index < -0.39 is 22.7 Å². The molecule has 5 aromatic rings. The summed E-state index contributed by atoms with van der Waals surface area (Å²) in [4.78, 5) is 47.8. The van der Waals surface area contributed by atoms with Gasteiger partial charge in [0.1, 0.15) is 11.5 Å². The van der Waals surface area contributed by atoms with Crippen LogP contribution >= 0.6 is 0 Å². The van der Waals surface area contributed by atoms with Crippen LogP contribution in [0.2, 0.25) is 0 Å². The molecule has 0 N–H and O–H groups in total. The number of hydrogen-bond acceptors (Lipinski definition) is 5. The predicted octanol–water partition coefficient (Wildman–Crippen LogP) is 7.51. The number of hydrogen-bond donors (Lipinski definition) is 0. The summed E-state index contributed by atoms with van der Waals surface area (Å²) in [5, 5.41) is 0. The molecule has 0 unspecified atom stereocenters. The summed E-state index contributed by atoms with van der Waals surface area (Å²) >= 11 is 0. The zero-order valence-corrected chi connectivity index (χ0v) is 27.8. The second-order valence-corrected chi connectivity index (χ2v) is 13.1. The van der Waals surface area contributed by atoms with Gasteiger partial charge in [0.2, 0.25) is 11.8 Å². The van der Waals surface area contributed by atoms with Crippen molar-refractivity contribution >= 4 is 34.4 Å². The molecule has 0 spiro atoms. The second kappa shape index (κ2) is 11.2. The summed E-state index contributed by atoms with van der Waals surface area (Å²) < 4.78 is 11.1. The Morgan fingerprint density at radius 3 is 1.35 bits per heavy atom. The number of carbonyl (C=O) groups is 3. The van der Waals surface area contributed by atoms with Gasteiger partial charge in [0.15, 0.2) is 5.78 Å². The predicted molar refractivity (Wildman–Crippen MR) is 189 cm³/mol. The molecule has 4 atom stereocenters. The fourth-order valence-electron chi connectivity index (χ4n) is 8.76. The van der Waals surface area contributed by atoms with E-state index in [1.807, 2.05) is 141 Å². The van der Waals surface area contributed by atoms with Crippen LogP contribution in [-0.4, -0.2) is 31.8 Å².